The van der Waals surface area contributed by atoms with Crippen molar-refractivity contribution >= 4 is 11.6 Å². The molecule has 1 amide bonds. The molecule has 2 N–H and O–H groups in total. The number of aromatic nitrogens is 1. The number of ether oxygens (including phenoxy) is 1. The van der Waals surface area contributed by atoms with Crippen LogP contribution in [0, 0.1) is 12.5 Å². The number of fused-ring (bicyclic) bond motifs is 5. The van der Waals surface area contributed by atoms with Gasteiger partial charge in [0.1, 0.15) is 11.2 Å². The third-order valence-electron chi connectivity index (χ3n) is 6.08. The summed E-state index contributed by atoms with van der Waals surface area (Å²) in [4.78, 5) is 17.2. The molecule has 2 atom stereocenters. The van der Waals surface area contributed by atoms with Crippen LogP contribution in [-0.4, -0.2) is 38.7 Å². The first-order valence-corrected chi connectivity index (χ1v) is 9.99. The van der Waals surface area contributed by atoms with Gasteiger partial charge in [0, 0.05) is 5.92 Å². The normalized spacial score (nSPS) is 24.5. The first-order valence-electron chi connectivity index (χ1n) is 9.99. The van der Waals surface area contributed by atoms with E-state index in [9.17, 15) is 28.2 Å². The zero-order chi connectivity index (χ0) is 23.8. The van der Waals surface area contributed by atoms with Gasteiger partial charge in [-0.15, -0.1) is 0 Å². The maximum absolute atomic E-state index is 13.5. The fourth-order valence-corrected chi connectivity index (χ4v) is 4.91. The maximum Gasteiger partial charge on any atom is 0.407 e. The zero-order valence-electron chi connectivity index (χ0n) is 17.9. The van der Waals surface area contributed by atoms with Gasteiger partial charge >= 0.3 is 6.18 Å². The number of carbonyl (C=O) groups excluding carboxylic acids is 1. The van der Waals surface area contributed by atoms with Crippen LogP contribution in [0.3, 0.4) is 0 Å². The molecule has 7 nitrogen and oxygen atoms in total. The lowest BCUT2D eigenvalue weighted by atomic mass is 9.94. The van der Waals surface area contributed by atoms with E-state index in [2.05, 4.69) is 4.85 Å². The Morgan fingerprint density at radius 1 is 1.16 bits per heavy atom. The molecule has 2 aromatic rings. The van der Waals surface area contributed by atoms with E-state index in [-0.39, 0.29) is 41.7 Å². The summed E-state index contributed by atoms with van der Waals surface area (Å²) in [6.07, 6.45) is -4.79. The van der Waals surface area contributed by atoms with Crippen molar-refractivity contribution in [2.75, 3.05) is 13.1 Å². The number of aromatic hydroxyl groups is 2. The van der Waals surface area contributed by atoms with E-state index in [4.69, 9.17) is 11.3 Å². The molecule has 0 saturated carbocycles. The van der Waals surface area contributed by atoms with Gasteiger partial charge in [-0.3, -0.25) is 9.36 Å². The van der Waals surface area contributed by atoms with E-state index in [0.29, 0.717) is 0 Å². The maximum atomic E-state index is 13.5. The number of amides is 1. The molecule has 10 heteroatoms. The summed E-state index contributed by atoms with van der Waals surface area (Å²) in [5, 5.41) is 22.1. The van der Waals surface area contributed by atoms with Crippen LogP contribution in [0.5, 0.6) is 11.8 Å². The Balaban J connectivity index is 1.89. The molecule has 0 radical (unpaired) electrons. The Morgan fingerprint density at radius 2 is 1.69 bits per heavy atom. The number of hydrogen-bond donors (Lipinski definition) is 2. The summed E-state index contributed by atoms with van der Waals surface area (Å²) in [5.41, 5.74) is -3.75. The predicted octanol–water partition coefficient (Wildman–Crippen LogP) is 4.42. The number of morpholine rings is 1. The molecule has 32 heavy (non-hydrogen) atoms. The van der Waals surface area contributed by atoms with Crippen molar-refractivity contribution in [1.82, 2.24) is 9.47 Å². The molecular formula is C22H22F3N3O4. The quantitative estimate of drug-likeness (QED) is 0.666. The molecule has 1 fully saturated rings. The lowest BCUT2D eigenvalue weighted by Crippen LogP contribution is -2.54. The molecule has 170 valence electrons. The van der Waals surface area contributed by atoms with Gasteiger partial charge in [0.15, 0.2) is 5.69 Å². The van der Waals surface area contributed by atoms with Crippen LogP contribution >= 0.6 is 0 Å². The predicted molar refractivity (Wildman–Crippen MR) is 108 cm³/mol. The molecule has 0 spiro atoms. The first-order chi connectivity index (χ1) is 14.7. The smallest absolute Gasteiger partial charge is 0.407 e. The van der Waals surface area contributed by atoms with Gasteiger partial charge < -0.3 is 19.8 Å². The summed E-state index contributed by atoms with van der Waals surface area (Å²) in [7, 11) is 0. The second-order valence-electron chi connectivity index (χ2n) is 8.96. The van der Waals surface area contributed by atoms with Crippen LogP contribution < -0.4 is 0 Å². The Bertz CT molecular complexity index is 1140. The zero-order valence-corrected chi connectivity index (χ0v) is 17.9. The topological polar surface area (TPSA) is 79.3 Å². The third-order valence-corrected chi connectivity index (χ3v) is 6.08. The van der Waals surface area contributed by atoms with Crippen molar-refractivity contribution in [3.63, 3.8) is 0 Å². The van der Waals surface area contributed by atoms with Gasteiger partial charge in [0.25, 0.3) is 0 Å². The van der Waals surface area contributed by atoms with E-state index < -0.39 is 40.4 Å². The van der Waals surface area contributed by atoms with Gasteiger partial charge in [-0.1, -0.05) is 19.9 Å². The summed E-state index contributed by atoms with van der Waals surface area (Å²) in [6.45, 7) is 14.1. The highest BCUT2D eigenvalue weighted by molar-refractivity contribution is 5.79. The summed E-state index contributed by atoms with van der Waals surface area (Å²) < 4.78 is 47.4. The monoisotopic (exact) mass is 449 g/mol. The number of alkyl halides is 3. The van der Waals surface area contributed by atoms with E-state index in [1.54, 1.807) is 32.6 Å². The largest absolute Gasteiger partial charge is 0.494 e. The van der Waals surface area contributed by atoms with Crippen molar-refractivity contribution in [3.8, 4) is 17.4 Å². The highest BCUT2D eigenvalue weighted by Crippen LogP contribution is 2.59. The average Bonchev–Trinajstić information content (AvgIpc) is 3.06. The highest BCUT2D eigenvalue weighted by atomic mass is 19.4. The van der Waals surface area contributed by atoms with Crippen molar-refractivity contribution < 1.29 is 32.9 Å². The van der Waals surface area contributed by atoms with Crippen LogP contribution in [-0.2, 0) is 26.9 Å². The van der Waals surface area contributed by atoms with E-state index in [0.717, 1.165) is 16.7 Å². The lowest BCUT2D eigenvalue weighted by Gasteiger charge is -2.44. The first kappa shape index (κ1) is 22.0. The van der Waals surface area contributed by atoms with Crippen molar-refractivity contribution in [2.24, 2.45) is 5.92 Å². The number of nitrogens with zero attached hydrogens (tertiary/aromatic N) is 3. The number of benzene rings is 1. The Kier molecular flexibility index (Phi) is 4.58. The van der Waals surface area contributed by atoms with Crippen LogP contribution in [0.15, 0.2) is 18.2 Å². The average molecular weight is 449 g/mol. The Hall–Kier alpha value is -3.19. The number of rotatable bonds is 2. The van der Waals surface area contributed by atoms with E-state index >= 15 is 0 Å². The second kappa shape index (κ2) is 6.65. The van der Waals surface area contributed by atoms with Gasteiger partial charge in [0.2, 0.25) is 17.7 Å². The highest BCUT2D eigenvalue weighted by Gasteiger charge is 2.59. The van der Waals surface area contributed by atoms with Crippen molar-refractivity contribution in [3.05, 3.63) is 46.3 Å². The summed E-state index contributed by atoms with van der Waals surface area (Å²) >= 11 is 0. The lowest BCUT2D eigenvalue weighted by molar-refractivity contribution is -0.194. The fourth-order valence-electron chi connectivity index (χ4n) is 4.91. The van der Waals surface area contributed by atoms with Gasteiger partial charge in [-0.25, -0.2) is 4.85 Å². The minimum Gasteiger partial charge on any atom is -0.494 e. The van der Waals surface area contributed by atoms with Crippen molar-refractivity contribution in [1.29, 1.82) is 0 Å². The third kappa shape index (κ3) is 2.95. The molecule has 1 saturated heterocycles. The molecule has 2 aliphatic heterocycles. The standard InChI is InChI=1S/C22H22F3N3O4/c1-11(2)17(29)27-9-20(3)15-16(21(4,10-27)32-20)19(31)28(18(15)30)12-6-7-14(26-5)13(8-12)22(23,24)25/h6-8,11,30-31H,9-10H2,1-4H3/t20-,21+. The number of halogens is 3. The van der Waals surface area contributed by atoms with Crippen molar-refractivity contribution in [2.45, 2.75) is 45.1 Å². The Labute approximate surface area is 182 Å². The Morgan fingerprint density at radius 3 is 2.12 bits per heavy atom. The molecule has 2 bridgehead atoms. The summed E-state index contributed by atoms with van der Waals surface area (Å²) in [6, 6.07) is 2.95. The second-order valence-corrected chi connectivity index (χ2v) is 8.96. The molecule has 0 unspecified atom stereocenters. The van der Waals surface area contributed by atoms with Crippen LogP contribution in [0.1, 0.15) is 44.4 Å². The van der Waals surface area contributed by atoms with Crippen LogP contribution in [0.25, 0.3) is 10.5 Å². The van der Waals surface area contributed by atoms with E-state index in [1.165, 1.54) is 6.07 Å². The minimum absolute atomic E-state index is 0.104. The molecule has 1 aromatic carbocycles. The van der Waals surface area contributed by atoms with Crippen LogP contribution in [0.2, 0.25) is 0 Å². The molecule has 1 aromatic heterocycles. The SMILES string of the molecule is [C-]#[N+]c1ccc(-n2c(O)c3c(c2O)[C@]2(C)CN(C(=O)C(C)C)C[C@@]3(C)O2)cc1C(F)(F)F. The number of carbonyl (C=O) groups is 1. The summed E-state index contributed by atoms with van der Waals surface area (Å²) in [5.74, 6) is -1.30. The molecule has 4 rings (SSSR count). The molecule has 2 aliphatic rings. The van der Waals surface area contributed by atoms with Gasteiger partial charge in [0.05, 0.1) is 42.0 Å². The minimum atomic E-state index is -4.79. The van der Waals surface area contributed by atoms with Gasteiger partial charge in [-0.2, -0.15) is 13.2 Å². The molecule has 0 aliphatic carbocycles. The molecule has 3 heterocycles. The van der Waals surface area contributed by atoms with Crippen LogP contribution in [0.4, 0.5) is 18.9 Å². The fraction of sp³-hybridized carbons (Fsp3) is 0.455. The van der Waals surface area contributed by atoms with Gasteiger partial charge in [-0.05, 0) is 26.0 Å². The number of hydrogen-bond acceptors (Lipinski definition) is 4. The van der Waals surface area contributed by atoms with E-state index in [1.807, 2.05) is 0 Å². The molecular weight excluding hydrogens is 427 g/mol.